The predicted molar refractivity (Wildman–Crippen MR) is 87.6 cm³/mol. The lowest BCUT2D eigenvalue weighted by Crippen LogP contribution is -2.37. The molecule has 0 amide bonds. The zero-order chi connectivity index (χ0) is 15.5. The molecule has 21 heavy (non-hydrogen) atoms. The molecule has 0 radical (unpaired) electrons. The van der Waals surface area contributed by atoms with E-state index in [0.717, 1.165) is 31.6 Å². The van der Waals surface area contributed by atoms with Crippen LogP contribution in [0.2, 0.25) is 0 Å². The molecule has 1 saturated heterocycles. The van der Waals surface area contributed by atoms with Crippen molar-refractivity contribution in [2.24, 2.45) is 5.92 Å². The van der Waals surface area contributed by atoms with Gasteiger partial charge >= 0.3 is 0 Å². The molecule has 0 bridgehead atoms. The fraction of sp³-hybridized carbons (Fsp3) is 0.600. The summed E-state index contributed by atoms with van der Waals surface area (Å²) in [5.41, 5.74) is 0.811. The number of anilines is 1. The van der Waals surface area contributed by atoms with E-state index in [2.05, 4.69) is 4.90 Å². The van der Waals surface area contributed by atoms with Crippen LogP contribution in [0.15, 0.2) is 29.2 Å². The van der Waals surface area contributed by atoms with Crippen LogP contribution >= 0.6 is 11.6 Å². The Morgan fingerprint density at radius 1 is 1.33 bits per heavy atom. The summed E-state index contributed by atoms with van der Waals surface area (Å²) in [4.78, 5) is 2.58. The van der Waals surface area contributed by atoms with Crippen LogP contribution < -0.4 is 4.90 Å². The van der Waals surface area contributed by atoms with Crippen LogP contribution in [0.5, 0.6) is 0 Å². The Morgan fingerprint density at radius 3 is 2.71 bits per heavy atom. The average Bonchev–Trinajstić information content (AvgIpc) is 2.48. The van der Waals surface area contributed by atoms with Gasteiger partial charge in [0.25, 0.3) is 0 Å². The first-order valence-corrected chi connectivity index (χ1v) is 9.26. The molecule has 1 heterocycles. The first-order chi connectivity index (χ1) is 9.96. The van der Waals surface area contributed by atoms with Gasteiger partial charge in [-0.2, -0.15) is 0 Å². The Bertz CT molecular complexity index is 573. The molecule has 1 fully saturated rings. The SMILES string of the molecule is CN(C)S(=O)(=O)c1ccccc1N1CCCC(CCCl)C1. The van der Waals surface area contributed by atoms with Crippen LogP contribution in [0.4, 0.5) is 5.69 Å². The zero-order valence-corrected chi connectivity index (χ0v) is 14.2. The second-order valence-electron chi connectivity index (χ2n) is 5.69. The van der Waals surface area contributed by atoms with Crippen molar-refractivity contribution in [3.05, 3.63) is 24.3 Å². The van der Waals surface area contributed by atoms with Crippen LogP contribution in [0.3, 0.4) is 0 Å². The maximum absolute atomic E-state index is 12.5. The number of hydrogen-bond donors (Lipinski definition) is 0. The summed E-state index contributed by atoms with van der Waals surface area (Å²) >= 11 is 5.85. The molecular formula is C15H23ClN2O2S. The van der Waals surface area contributed by atoms with E-state index in [0.29, 0.717) is 16.7 Å². The second-order valence-corrected chi connectivity index (χ2v) is 8.19. The average molecular weight is 331 g/mol. The molecule has 0 aliphatic carbocycles. The van der Waals surface area contributed by atoms with E-state index in [-0.39, 0.29) is 0 Å². The fourth-order valence-corrected chi connectivity index (χ4v) is 4.22. The van der Waals surface area contributed by atoms with E-state index in [9.17, 15) is 8.42 Å². The Kier molecular flexibility index (Phi) is 5.52. The van der Waals surface area contributed by atoms with Gasteiger partial charge in [-0.05, 0) is 37.3 Å². The molecular weight excluding hydrogens is 308 g/mol. The summed E-state index contributed by atoms with van der Waals surface area (Å²) in [6, 6.07) is 7.27. The van der Waals surface area contributed by atoms with Gasteiger partial charge in [-0.15, -0.1) is 11.6 Å². The van der Waals surface area contributed by atoms with Crippen molar-refractivity contribution in [3.8, 4) is 0 Å². The highest BCUT2D eigenvalue weighted by Crippen LogP contribution is 2.31. The van der Waals surface area contributed by atoms with Gasteiger partial charge in [0.2, 0.25) is 10.0 Å². The maximum atomic E-state index is 12.5. The summed E-state index contributed by atoms with van der Waals surface area (Å²) in [5, 5.41) is 0. The number of nitrogens with zero attached hydrogens (tertiary/aromatic N) is 2. The highest BCUT2D eigenvalue weighted by Gasteiger charge is 2.26. The minimum atomic E-state index is -3.42. The van der Waals surface area contributed by atoms with E-state index in [1.807, 2.05) is 12.1 Å². The van der Waals surface area contributed by atoms with Gasteiger partial charge in [0, 0.05) is 33.1 Å². The molecule has 1 aromatic rings. The molecule has 6 heteroatoms. The standard InChI is InChI=1S/C15H23ClN2O2S/c1-17(2)21(19,20)15-8-4-3-7-14(15)18-11-5-6-13(12-18)9-10-16/h3-4,7-8,13H,5-6,9-12H2,1-2H3. The van der Waals surface area contributed by atoms with E-state index in [1.54, 1.807) is 26.2 Å². The molecule has 1 aliphatic heterocycles. The number of rotatable bonds is 5. The zero-order valence-electron chi connectivity index (χ0n) is 12.6. The number of halogens is 1. The third-order valence-corrected chi connectivity index (χ3v) is 6.08. The van der Waals surface area contributed by atoms with Crippen LogP contribution in [-0.4, -0.2) is 45.8 Å². The molecule has 0 saturated carbocycles. The minimum Gasteiger partial charge on any atom is -0.370 e. The summed E-state index contributed by atoms with van der Waals surface area (Å²) in [6.07, 6.45) is 3.24. The third-order valence-electron chi connectivity index (χ3n) is 4.00. The van der Waals surface area contributed by atoms with Crippen LogP contribution in [0.1, 0.15) is 19.3 Å². The van der Waals surface area contributed by atoms with Crippen LogP contribution in [-0.2, 0) is 10.0 Å². The van der Waals surface area contributed by atoms with E-state index in [1.165, 1.54) is 10.7 Å². The first kappa shape index (κ1) is 16.6. The van der Waals surface area contributed by atoms with Crippen molar-refractivity contribution in [2.75, 3.05) is 38.0 Å². The van der Waals surface area contributed by atoms with E-state index in [4.69, 9.17) is 11.6 Å². The third kappa shape index (κ3) is 3.71. The minimum absolute atomic E-state index is 0.390. The molecule has 1 atom stereocenters. The number of sulfonamides is 1. The van der Waals surface area contributed by atoms with Gasteiger partial charge in [-0.3, -0.25) is 0 Å². The van der Waals surface area contributed by atoms with Gasteiger partial charge in [0.1, 0.15) is 4.90 Å². The van der Waals surface area contributed by atoms with Crippen LogP contribution in [0.25, 0.3) is 0 Å². The van der Waals surface area contributed by atoms with Gasteiger partial charge in [-0.1, -0.05) is 12.1 Å². The normalized spacial score (nSPS) is 20.0. The lowest BCUT2D eigenvalue weighted by atomic mass is 9.95. The molecule has 4 nitrogen and oxygen atoms in total. The summed E-state index contributed by atoms with van der Waals surface area (Å²) in [5.74, 6) is 1.21. The molecule has 0 aromatic heterocycles. The smallest absolute Gasteiger partial charge is 0.244 e. The summed E-state index contributed by atoms with van der Waals surface area (Å²) < 4.78 is 26.2. The van der Waals surface area contributed by atoms with E-state index < -0.39 is 10.0 Å². The second kappa shape index (κ2) is 6.99. The molecule has 1 aliphatic rings. The van der Waals surface area contributed by atoms with Crippen molar-refractivity contribution in [3.63, 3.8) is 0 Å². The number of alkyl halides is 1. The summed E-state index contributed by atoms with van der Waals surface area (Å²) in [6.45, 7) is 1.78. The number of hydrogen-bond acceptors (Lipinski definition) is 3. The number of para-hydroxylation sites is 1. The first-order valence-electron chi connectivity index (χ1n) is 7.29. The number of piperidine rings is 1. The lowest BCUT2D eigenvalue weighted by molar-refractivity contribution is 0.405. The van der Waals surface area contributed by atoms with Crippen molar-refractivity contribution >= 4 is 27.3 Å². The fourth-order valence-electron chi connectivity index (χ4n) is 2.81. The Morgan fingerprint density at radius 2 is 2.05 bits per heavy atom. The maximum Gasteiger partial charge on any atom is 0.244 e. The van der Waals surface area contributed by atoms with Crippen molar-refractivity contribution < 1.29 is 8.42 Å². The van der Waals surface area contributed by atoms with E-state index >= 15 is 0 Å². The van der Waals surface area contributed by atoms with Crippen LogP contribution in [0, 0.1) is 5.92 Å². The molecule has 0 spiro atoms. The molecule has 1 unspecified atom stereocenters. The van der Waals surface area contributed by atoms with Crippen molar-refractivity contribution in [2.45, 2.75) is 24.2 Å². The Hall–Kier alpha value is -0.780. The quantitative estimate of drug-likeness (QED) is 0.779. The highest BCUT2D eigenvalue weighted by molar-refractivity contribution is 7.89. The van der Waals surface area contributed by atoms with Gasteiger partial charge in [0.15, 0.2) is 0 Å². The summed E-state index contributed by atoms with van der Waals surface area (Å²) in [7, 11) is -0.285. The van der Waals surface area contributed by atoms with Gasteiger partial charge in [-0.25, -0.2) is 12.7 Å². The number of benzene rings is 1. The Labute approximate surface area is 132 Å². The van der Waals surface area contributed by atoms with Gasteiger partial charge in [0.05, 0.1) is 5.69 Å². The monoisotopic (exact) mass is 330 g/mol. The van der Waals surface area contributed by atoms with Crippen molar-refractivity contribution in [1.82, 2.24) is 4.31 Å². The Balaban J connectivity index is 2.32. The largest absolute Gasteiger partial charge is 0.370 e. The molecule has 0 N–H and O–H groups in total. The lowest BCUT2D eigenvalue weighted by Gasteiger charge is -2.35. The molecule has 2 rings (SSSR count). The molecule has 1 aromatic carbocycles. The highest BCUT2D eigenvalue weighted by atomic mass is 35.5. The topological polar surface area (TPSA) is 40.6 Å². The predicted octanol–water partition coefficient (Wildman–Crippen LogP) is 2.78. The van der Waals surface area contributed by atoms with Gasteiger partial charge < -0.3 is 4.90 Å². The molecule has 118 valence electrons. The van der Waals surface area contributed by atoms with Crippen molar-refractivity contribution in [1.29, 1.82) is 0 Å².